The maximum absolute atomic E-state index is 9.01. The molecule has 0 spiro atoms. The zero-order valence-electron chi connectivity index (χ0n) is 11.9. The molecule has 1 aromatic carbocycles. The van der Waals surface area contributed by atoms with Crippen molar-refractivity contribution in [1.82, 2.24) is 5.32 Å². The van der Waals surface area contributed by atoms with Crippen LogP contribution in [0.25, 0.3) is 0 Å². The number of benzene rings is 1. The zero-order chi connectivity index (χ0) is 13.5. The molecule has 18 heavy (non-hydrogen) atoms. The van der Waals surface area contributed by atoms with Gasteiger partial charge in [0, 0.05) is 29.8 Å². The van der Waals surface area contributed by atoms with Gasteiger partial charge in [0.15, 0.2) is 0 Å². The molecule has 0 heterocycles. The molecule has 0 saturated carbocycles. The lowest BCUT2D eigenvalue weighted by Gasteiger charge is -2.12. The van der Waals surface area contributed by atoms with Crippen LogP contribution in [0.5, 0.6) is 0 Å². The summed E-state index contributed by atoms with van der Waals surface area (Å²) in [6, 6.07) is 7.14. The van der Waals surface area contributed by atoms with Crippen LogP contribution in [0, 0.1) is 12.8 Å². The second-order valence-corrected chi connectivity index (χ2v) is 6.32. The van der Waals surface area contributed by atoms with E-state index < -0.39 is 0 Å². The summed E-state index contributed by atoms with van der Waals surface area (Å²) in [5, 5.41) is 12.5. The molecule has 0 fully saturated rings. The summed E-state index contributed by atoms with van der Waals surface area (Å²) in [6.45, 7) is 9.76. The largest absolute Gasteiger partial charge is 0.396 e. The SMILES string of the molecule is Cc1cc(SCC(C)CO)ccc1CNC(C)C. The van der Waals surface area contributed by atoms with Gasteiger partial charge in [0.25, 0.3) is 0 Å². The molecule has 0 aromatic heterocycles. The van der Waals surface area contributed by atoms with Crippen molar-refractivity contribution < 1.29 is 5.11 Å². The molecule has 1 atom stereocenters. The third kappa shape index (κ3) is 5.42. The van der Waals surface area contributed by atoms with Crippen molar-refractivity contribution in [2.75, 3.05) is 12.4 Å². The van der Waals surface area contributed by atoms with Crippen molar-refractivity contribution in [2.45, 2.75) is 45.2 Å². The average molecular weight is 267 g/mol. The van der Waals surface area contributed by atoms with Crippen LogP contribution < -0.4 is 5.32 Å². The Morgan fingerprint density at radius 2 is 2.00 bits per heavy atom. The molecule has 0 aliphatic heterocycles. The van der Waals surface area contributed by atoms with E-state index >= 15 is 0 Å². The van der Waals surface area contributed by atoms with E-state index in [1.165, 1.54) is 16.0 Å². The molecule has 0 amide bonds. The number of aliphatic hydroxyl groups is 1. The van der Waals surface area contributed by atoms with E-state index in [-0.39, 0.29) is 6.61 Å². The van der Waals surface area contributed by atoms with Crippen LogP contribution in [-0.2, 0) is 6.54 Å². The predicted octanol–water partition coefficient (Wildman–Crippen LogP) is 3.21. The number of thioether (sulfide) groups is 1. The number of aryl methyl sites for hydroxylation is 1. The number of rotatable bonds is 7. The second kappa shape index (κ2) is 7.82. The Kier molecular flexibility index (Phi) is 6.76. The van der Waals surface area contributed by atoms with Gasteiger partial charge >= 0.3 is 0 Å². The standard InChI is InChI=1S/C15H25NOS/c1-11(2)16-8-14-5-6-15(7-13(14)4)18-10-12(3)9-17/h5-7,11-12,16-17H,8-10H2,1-4H3. The fraction of sp³-hybridized carbons (Fsp3) is 0.600. The van der Waals surface area contributed by atoms with Crippen molar-refractivity contribution >= 4 is 11.8 Å². The first-order valence-corrected chi connectivity index (χ1v) is 7.58. The Balaban J connectivity index is 2.56. The van der Waals surface area contributed by atoms with Crippen LogP contribution in [0.2, 0.25) is 0 Å². The van der Waals surface area contributed by atoms with Crippen molar-refractivity contribution in [2.24, 2.45) is 5.92 Å². The van der Waals surface area contributed by atoms with Gasteiger partial charge in [-0.15, -0.1) is 11.8 Å². The minimum atomic E-state index is 0.266. The molecule has 1 aromatic rings. The Bertz CT molecular complexity index is 366. The number of aliphatic hydroxyl groups excluding tert-OH is 1. The summed E-state index contributed by atoms with van der Waals surface area (Å²) < 4.78 is 0. The number of nitrogens with one attached hydrogen (secondary N) is 1. The molecular formula is C15H25NOS. The van der Waals surface area contributed by atoms with Gasteiger partial charge in [0.1, 0.15) is 0 Å². The lowest BCUT2D eigenvalue weighted by molar-refractivity contribution is 0.250. The van der Waals surface area contributed by atoms with E-state index in [1.807, 2.05) is 11.8 Å². The summed E-state index contributed by atoms with van der Waals surface area (Å²) in [6.07, 6.45) is 0. The first kappa shape index (κ1) is 15.5. The molecule has 2 N–H and O–H groups in total. The van der Waals surface area contributed by atoms with Crippen LogP contribution in [0.4, 0.5) is 0 Å². The molecule has 0 bridgehead atoms. The molecule has 2 nitrogen and oxygen atoms in total. The summed E-state index contributed by atoms with van der Waals surface area (Å²) in [5.74, 6) is 1.33. The smallest absolute Gasteiger partial charge is 0.0464 e. The van der Waals surface area contributed by atoms with Gasteiger partial charge in [-0.2, -0.15) is 0 Å². The highest BCUT2D eigenvalue weighted by atomic mass is 32.2. The first-order valence-electron chi connectivity index (χ1n) is 6.59. The van der Waals surface area contributed by atoms with E-state index in [0.717, 1.165) is 12.3 Å². The van der Waals surface area contributed by atoms with Gasteiger partial charge in [0.05, 0.1) is 0 Å². The van der Waals surface area contributed by atoms with Crippen LogP contribution in [-0.4, -0.2) is 23.5 Å². The molecule has 0 saturated heterocycles. The van der Waals surface area contributed by atoms with E-state index in [4.69, 9.17) is 5.11 Å². The van der Waals surface area contributed by atoms with Crippen LogP contribution in [0.1, 0.15) is 31.9 Å². The highest BCUT2D eigenvalue weighted by Gasteiger charge is 2.04. The van der Waals surface area contributed by atoms with Gasteiger partial charge in [-0.25, -0.2) is 0 Å². The molecule has 1 unspecified atom stereocenters. The Morgan fingerprint density at radius 3 is 2.56 bits per heavy atom. The number of hydrogen-bond donors (Lipinski definition) is 2. The Labute approximate surface area is 115 Å². The summed E-state index contributed by atoms with van der Waals surface area (Å²) in [4.78, 5) is 1.29. The molecule has 102 valence electrons. The second-order valence-electron chi connectivity index (χ2n) is 5.22. The molecule has 3 heteroatoms. The van der Waals surface area contributed by atoms with Gasteiger partial charge in [-0.1, -0.05) is 26.8 Å². The summed E-state index contributed by atoms with van der Waals surface area (Å²) >= 11 is 1.82. The third-order valence-corrected chi connectivity index (χ3v) is 4.18. The molecular weight excluding hydrogens is 242 g/mol. The average Bonchev–Trinajstić information content (AvgIpc) is 2.34. The van der Waals surface area contributed by atoms with Crippen LogP contribution >= 0.6 is 11.8 Å². The van der Waals surface area contributed by atoms with E-state index in [0.29, 0.717) is 12.0 Å². The quantitative estimate of drug-likeness (QED) is 0.744. The summed E-state index contributed by atoms with van der Waals surface area (Å²) in [7, 11) is 0. The van der Waals surface area contributed by atoms with Crippen LogP contribution in [0.3, 0.4) is 0 Å². The zero-order valence-corrected chi connectivity index (χ0v) is 12.7. The lowest BCUT2D eigenvalue weighted by atomic mass is 10.1. The summed E-state index contributed by atoms with van der Waals surface area (Å²) in [5.41, 5.74) is 2.70. The first-order chi connectivity index (χ1) is 8.52. The van der Waals surface area contributed by atoms with E-state index in [9.17, 15) is 0 Å². The highest BCUT2D eigenvalue weighted by molar-refractivity contribution is 7.99. The maximum Gasteiger partial charge on any atom is 0.0464 e. The van der Waals surface area contributed by atoms with E-state index in [1.54, 1.807) is 0 Å². The predicted molar refractivity (Wildman–Crippen MR) is 80.1 cm³/mol. The fourth-order valence-electron chi connectivity index (χ4n) is 1.56. The van der Waals surface area contributed by atoms with Gasteiger partial charge in [-0.3, -0.25) is 0 Å². The van der Waals surface area contributed by atoms with E-state index in [2.05, 4.69) is 51.2 Å². The van der Waals surface area contributed by atoms with Gasteiger partial charge in [0.2, 0.25) is 0 Å². The topological polar surface area (TPSA) is 32.3 Å². The third-order valence-electron chi connectivity index (χ3n) is 2.86. The normalized spacial score (nSPS) is 13.0. The molecule has 1 rings (SSSR count). The maximum atomic E-state index is 9.01. The van der Waals surface area contributed by atoms with Crippen molar-refractivity contribution in [3.05, 3.63) is 29.3 Å². The highest BCUT2D eigenvalue weighted by Crippen LogP contribution is 2.23. The van der Waals surface area contributed by atoms with Gasteiger partial charge in [-0.05, 0) is 36.1 Å². The van der Waals surface area contributed by atoms with Gasteiger partial charge < -0.3 is 10.4 Å². The Morgan fingerprint density at radius 1 is 1.28 bits per heavy atom. The monoisotopic (exact) mass is 267 g/mol. The molecule has 0 aliphatic carbocycles. The molecule has 0 radical (unpaired) electrons. The van der Waals surface area contributed by atoms with Crippen LogP contribution in [0.15, 0.2) is 23.1 Å². The Hall–Kier alpha value is -0.510. The lowest BCUT2D eigenvalue weighted by Crippen LogP contribution is -2.22. The molecule has 0 aliphatic rings. The van der Waals surface area contributed by atoms with Crippen molar-refractivity contribution in [1.29, 1.82) is 0 Å². The minimum absolute atomic E-state index is 0.266. The van der Waals surface area contributed by atoms with Crippen molar-refractivity contribution in [3.8, 4) is 0 Å². The number of hydrogen-bond acceptors (Lipinski definition) is 3. The minimum Gasteiger partial charge on any atom is -0.396 e. The van der Waals surface area contributed by atoms with Crippen molar-refractivity contribution in [3.63, 3.8) is 0 Å². The fourth-order valence-corrected chi connectivity index (χ4v) is 2.57.